The van der Waals surface area contributed by atoms with Crippen molar-refractivity contribution < 1.29 is 28.6 Å². The number of carbonyl (C=O) groups is 1. The molecule has 1 aliphatic rings. The molecule has 0 amide bonds. The van der Waals surface area contributed by atoms with Crippen molar-refractivity contribution in [3.63, 3.8) is 0 Å². The number of nitrogens with zero attached hydrogens (tertiary/aromatic N) is 4. The molecule has 0 bridgehead atoms. The summed E-state index contributed by atoms with van der Waals surface area (Å²) in [6.45, 7) is 5.26. The summed E-state index contributed by atoms with van der Waals surface area (Å²) in [7, 11) is -4.26. The Balaban J connectivity index is 1.66. The van der Waals surface area contributed by atoms with Gasteiger partial charge in [0.2, 0.25) is 5.95 Å². The predicted octanol–water partition coefficient (Wildman–Crippen LogP) is 4.12. The van der Waals surface area contributed by atoms with Crippen LogP contribution in [0.1, 0.15) is 52.9 Å². The number of fused-ring (bicyclic) bond motifs is 1. The van der Waals surface area contributed by atoms with Crippen LogP contribution in [0.3, 0.4) is 0 Å². The van der Waals surface area contributed by atoms with Crippen LogP contribution < -0.4 is 15.8 Å². The predicted molar refractivity (Wildman–Crippen MR) is 159 cm³/mol. The minimum atomic E-state index is -4.26. The number of para-hydroxylation sites is 1. The highest BCUT2D eigenvalue weighted by molar-refractivity contribution is 7.51. The molecule has 0 radical (unpaired) electrons. The first-order valence-electron chi connectivity index (χ1n) is 14.1. The molecule has 14 heteroatoms. The van der Waals surface area contributed by atoms with Crippen molar-refractivity contribution in [3.8, 4) is 5.75 Å². The molecule has 1 unspecified atom stereocenters. The Kier molecular flexibility index (Phi) is 9.88. The molecule has 1 fully saturated rings. The average Bonchev–Trinajstić information content (AvgIpc) is 3.50. The monoisotopic (exact) mass is 602 g/mol. The van der Waals surface area contributed by atoms with Gasteiger partial charge < -0.3 is 20.5 Å². The summed E-state index contributed by atoms with van der Waals surface area (Å²) in [5.41, 5.74) is 5.43. The van der Waals surface area contributed by atoms with Gasteiger partial charge in [0.1, 0.15) is 18.1 Å². The lowest BCUT2D eigenvalue weighted by atomic mass is 9.98. The number of carboxylic acid groups (broad SMARTS) is 1. The third kappa shape index (κ3) is 6.92. The van der Waals surface area contributed by atoms with Crippen LogP contribution in [0.4, 0.5) is 5.95 Å². The van der Waals surface area contributed by atoms with Crippen molar-refractivity contribution in [2.45, 2.75) is 58.9 Å². The van der Waals surface area contributed by atoms with Crippen LogP contribution in [0.2, 0.25) is 0 Å². The minimum absolute atomic E-state index is 0.0590. The number of rotatable bonds is 16. The quantitative estimate of drug-likeness (QED) is 0.173. The van der Waals surface area contributed by atoms with Crippen molar-refractivity contribution in [1.82, 2.24) is 24.2 Å². The van der Waals surface area contributed by atoms with Crippen LogP contribution in [0.25, 0.3) is 17.4 Å². The number of benzene rings is 1. The zero-order valence-electron chi connectivity index (χ0n) is 24.1. The second-order valence-electron chi connectivity index (χ2n) is 10.8. The number of hydrogen-bond donors (Lipinski definition) is 4. The molecule has 1 aliphatic carbocycles. The Morgan fingerprint density at radius 3 is 2.60 bits per heavy atom. The van der Waals surface area contributed by atoms with Gasteiger partial charge in [0.25, 0.3) is 5.56 Å². The van der Waals surface area contributed by atoms with Crippen LogP contribution in [-0.2, 0) is 13.9 Å². The van der Waals surface area contributed by atoms with Crippen molar-refractivity contribution in [2.24, 2.45) is 11.3 Å². The number of nitrogen functional groups attached to an aromatic ring is 1. The second-order valence-corrected chi connectivity index (χ2v) is 12.7. The van der Waals surface area contributed by atoms with Gasteiger partial charge in [-0.3, -0.25) is 23.7 Å². The Labute approximate surface area is 244 Å². The molecule has 0 aliphatic heterocycles. The van der Waals surface area contributed by atoms with E-state index in [1.807, 2.05) is 0 Å². The largest absolute Gasteiger partial charge is 0.480 e. The number of H-pyrrole nitrogens is 1. The minimum Gasteiger partial charge on any atom is -0.480 e. The van der Waals surface area contributed by atoms with Crippen molar-refractivity contribution in [2.75, 3.05) is 25.5 Å². The summed E-state index contributed by atoms with van der Waals surface area (Å²) in [4.78, 5) is 35.0. The van der Waals surface area contributed by atoms with Crippen LogP contribution in [0.5, 0.6) is 5.75 Å². The van der Waals surface area contributed by atoms with Gasteiger partial charge in [0.15, 0.2) is 11.2 Å². The van der Waals surface area contributed by atoms with Gasteiger partial charge in [-0.05, 0) is 49.8 Å². The first-order chi connectivity index (χ1) is 20.1. The maximum absolute atomic E-state index is 14.7. The van der Waals surface area contributed by atoms with Crippen LogP contribution in [0, 0.1) is 11.3 Å². The maximum atomic E-state index is 14.7. The molecule has 1 aromatic carbocycles. The number of anilines is 1. The number of imidazole rings is 1. The SMILES string of the molecule is CCCC(CCC)CN([C@@H](C)C(=O)O)[P@](=O)(OCC1(CO)C/C1=C/n1cnc2c(=O)[nH]c(N)nc21)Oc1ccccc1. The molecule has 2 heterocycles. The fourth-order valence-corrected chi connectivity index (χ4v) is 7.09. The zero-order chi connectivity index (χ0) is 30.5. The number of aromatic amines is 1. The molecule has 42 heavy (non-hydrogen) atoms. The van der Waals surface area contributed by atoms with E-state index in [2.05, 4.69) is 28.8 Å². The number of hydrogen-bond acceptors (Lipinski definition) is 9. The van der Waals surface area contributed by atoms with E-state index in [4.69, 9.17) is 14.8 Å². The highest BCUT2D eigenvalue weighted by atomic mass is 31.2. The summed E-state index contributed by atoms with van der Waals surface area (Å²) < 4.78 is 29.6. The van der Waals surface area contributed by atoms with Crippen molar-refractivity contribution >= 4 is 37.0 Å². The second kappa shape index (κ2) is 13.2. The van der Waals surface area contributed by atoms with E-state index in [-0.39, 0.29) is 48.5 Å². The number of nitrogens with one attached hydrogen (secondary N) is 1. The van der Waals surface area contributed by atoms with Crippen molar-refractivity contribution in [3.05, 3.63) is 52.6 Å². The lowest BCUT2D eigenvalue weighted by molar-refractivity contribution is -0.141. The van der Waals surface area contributed by atoms with Gasteiger partial charge in [-0.1, -0.05) is 44.9 Å². The van der Waals surface area contributed by atoms with Gasteiger partial charge in [-0.2, -0.15) is 9.65 Å². The van der Waals surface area contributed by atoms with Crippen LogP contribution in [-0.4, -0.2) is 66.2 Å². The van der Waals surface area contributed by atoms with E-state index >= 15 is 0 Å². The van der Waals surface area contributed by atoms with E-state index in [0.29, 0.717) is 6.42 Å². The average molecular weight is 603 g/mol. The van der Waals surface area contributed by atoms with Gasteiger partial charge >= 0.3 is 13.7 Å². The number of aliphatic carboxylic acids is 1. The summed E-state index contributed by atoms with van der Waals surface area (Å²) >= 11 is 0. The van der Waals surface area contributed by atoms with E-state index in [1.54, 1.807) is 36.5 Å². The molecule has 2 aromatic heterocycles. The van der Waals surface area contributed by atoms with E-state index in [9.17, 15) is 24.4 Å². The summed E-state index contributed by atoms with van der Waals surface area (Å²) in [5, 5.41) is 20.4. The van der Waals surface area contributed by atoms with Crippen LogP contribution >= 0.6 is 7.75 Å². The first kappa shape index (κ1) is 31.4. The third-order valence-corrected chi connectivity index (χ3v) is 9.60. The number of carboxylic acids is 1. The van der Waals surface area contributed by atoms with E-state index < -0.39 is 30.7 Å². The molecule has 0 saturated heterocycles. The number of aromatic nitrogens is 4. The molecule has 1 saturated carbocycles. The van der Waals surface area contributed by atoms with Gasteiger partial charge in [-0.25, -0.2) is 9.55 Å². The first-order valence-corrected chi connectivity index (χ1v) is 15.6. The highest BCUT2D eigenvalue weighted by Crippen LogP contribution is 2.59. The number of aliphatic hydroxyl groups excluding tert-OH is 1. The Bertz CT molecular complexity index is 1520. The fourth-order valence-electron chi connectivity index (χ4n) is 5.03. The Morgan fingerprint density at radius 1 is 1.29 bits per heavy atom. The molecular weight excluding hydrogens is 563 g/mol. The van der Waals surface area contributed by atoms with Gasteiger partial charge in [0.05, 0.1) is 13.2 Å². The lowest BCUT2D eigenvalue weighted by Crippen LogP contribution is -2.41. The lowest BCUT2D eigenvalue weighted by Gasteiger charge is -2.35. The summed E-state index contributed by atoms with van der Waals surface area (Å²) in [5.74, 6) is -0.857. The maximum Gasteiger partial charge on any atom is 0.462 e. The normalized spacial score (nSPS) is 19.8. The Hall–Kier alpha value is -3.51. The highest BCUT2D eigenvalue weighted by Gasteiger charge is 2.52. The molecule has 3 atom stereocenters. The molecular formula is C28H39N6O7P. The molecule has 5 N–H and O–H groups in total. The van der Waals surface area contributed by atoms with E-state index in [1.165, 1.54) is 22.5 Å². The molecule has 3 aromatic rings. The van der Waals surface area contributed by atoms with Crippen molar-refractivity contribution in [1.29, 1.82) is 0 Å². The molecule has 228 valence electrons. The van der Waals surface area contributed by atoms with Crippen LogP contribution in [0.15, 0.2) is 47.0 Å². The zero-order valence-corrected chi connectivity index (χ0v) is 25.0. The standard InChI is InChI=1S/C28H39N6O7P/c1-4-9-20(10-5-2)14-34(19(3)26(37)38)42(39,41-22-11-7-6-8-12-22)40-17-28(16-35)13-21(28)15-33-18-30-23-24(33)31-27(29)32-25(23)36/h6-8,11-12,15,18-20,35H,4-5,9-10,13-14,16-17H2,1-3H3,(H,37,38)(H3,29,31,32,36)/b21-15-/t19-,28?,42-/m0/s1. The molecule has 4 rings (SSSR count). The third-order valence-electron chi connectivity index (χ3n) is 7.56. The summed E-state index contributed by atoms with van der Waals surface area (Å²) in [6.07, 6.45) is 6.94. The Morgan fingerprint density at radius 2 is 1.98 bits per heavy atom. The van der Waals surface area contributed by atoms with Gasteiger partial charge in [-0.15, -0.1) is 0 Å². The molecule has 13 nitrogen and oxygen atoms in total. The summed E-state index contributed by atoms with van der Waals surface area (Å²) in [6, 6.07) is 7.32. The number of nitrogens with two attached hydrogens (primary N) is 1. The molecule has 0 spiro atoms. The topological polar surface area (TPSA) is 186 Å². The smallest absolute Gasteiger partial charge is 0.462 e. The number of aliphatic hydroxyl groups is 1. The van der Waals surface area contributed by atoms with E-state index in [0.717, 1.165) is 31.3 Å². The fraction of sp³-hybridized carbons (Fsp3) is 0.500. The van der Waals surface area contributed by atoms with Gasteiger partial charge in [0, 0.05) is 18.2 Å².